The summed E-state index contributed by atoms with van der Waals surface area (Å²) in [5.41, 5.74) is 0.899. The number of H-pyrrole nitrogens is 1. The van der Waals surface area contributed by atoms with Crippen LogP contribution in [0, 0.1) is 0 Å². The lowest BCUT2D eigenvalue weighted by atomic mass is 10.1. The number of nitrogens with zero attached hydrogens (tertiary/aromatic N) is 5. The number of aryl methyl sites for hydroxylation is 1. The summed E-state index contributed by atoms with van der Waals surface area (Å²) in [5, 5.41) is 8.67. The highest BCUT2D eigenvalue weighted by molar-refractivity contribution is 5.76. The van der Waals surface area contributed by atoms with Gasteiger partial charge in [-0.25, -0.2) is 4.79 Å². The Hall–Kier alpha value is -3.75. The van der Waals surface area contributed by atoms with Crippen LogP contribution in [-0.2, 0) is 11.3 Å². The highest BCUT2D eigenvalue weighted by atomic mass is 16.2. The molecule has 0 spiro atoms. The van der Waals surface area contributed by atoms with E-state index in [9.17, 15) is 14.4 Å². The van der Waals surface area contributed by atoms with Gasteiger partial charge in [0.1, 0.15) is 0 Å². The lowest BCUT2D eigenvalue weighted by molar-refractivity contribution is -0.131. The molecule has 154 valence electrons. The maximum atomic E-state index is 12.5. The van der Waals surface area contributed by atoms with E-state index in [0.29, 0.717) is 26.2 Å². The van der Waals surface area contributed by atoms with Crippen molar-refractivity contribution in [2.45, 2.75) is 13.0 Å². The summed E-state index contributed by atoms with van der Waals surface area (Å²) in [4.78, 5) is 41.4. The second-order valence-corrected chi connectivity index (χ2v) is 7.06. The standard InChI is InChI=1S/C21H22N6O3/c28-19-8-10-27(21(30)22-19)11-9-20(29)26-14-12-25(13-15-26)18-7-6-17(23-24-18)16-4-2-1-3-5-16/h1-8,10H,9,11-15H2,(H,22,28,30). The second kappa shape index (κ2) is 8.73. The van der Waals surface area contributed by atoms with E-state index in [-0.39, 0.29) is 18.9 Å². The Morgan fingerprint density at radius 3 is 2.37 bits per heavy atom. The molecule has 1 aromatic carbocycles. The molecule has 30 heavy (non-hydrogen) atoms. The fourth-order valence-corrected chi connectivity index (χ4v) is 3.44. The summed E-state index contributed by atoms with van der Waals surface area (Å²) in [6.45, 7) is 2.75. The number of hydrogen-bond acceptors (Lipinski definition) is 6. The van der Waals surface area contributed by atoms with E-state index in [4.69, 9.17) is 0 Å². The Morgan fingerprint density at radius 2 is 1.70 bits per heavy atom. The molecule has 2 aromatic heterocycles. The first kappa shape index (κ1) is 19.6. The first-order chi connectivity index (χ1) is 14.6. The molecule has 4 rings (SSSR count). The van der Waals surface area contributed by atoms with Gasteiger partial charge in [0.2, 0.25) is 5.91 Å². The Bertz CT molecular complexity index is 1120. The van der Waals surface area contributed by atoms with Crippen molar-refractivity contribution in [2.75, 3.05) is 31.1 Å². The number of aromatic nitrogens is 4. The van der Waals surface area contributed by atoms with Crippen LogP contribution in [0.5, 0.6) is 0 Å². The van der Waals surface area contributed by atoms with Crippen LogP contribution in [0.1, 0.15) is 6.42 Å². The molecule has 9 nitrogen and oxygen atoms in total. The maximum absolute atomic E-state index is 12.5. The Balaban J connectivity index is 1.30. The molecule has 0 radical (unpaired) electrons. The zero-order valence-electron chi connectivity index (χ0n) is 16.4. The van der Waals surface area contributed by atoms with E-state index in [2.05, 4.69) is 20.1 Å². The number of amides is 1. The minimum atomic E-state index is -0.502. The molecule has 1 aliphatic rings. The van der Waals surface area contributed by atoms with E-state index in [1.807, 2.05) is 42.5 Å². The van der Waals surface area contributed by atoms with Crippen LogP contribution in [0.15, 0.2) is 64.3 Å². The van der Waals surface area contributed by atoms with Crippen LogP contribution in [-0.4, -0.2) is 56.7 Å². The van der Waals surface area contributed by atoms with Crippen molar-refractivity contribution >= 4 is 11.7 Å². The summed E-state index contributed by atoms with van der Waals surface area (Å²) in [7, 11) is 0. The minimum absolute atomic E-state index is 0.0155. The molecular formula is C21H22N6O3. The molecule has 9 heteroatoms. The van der Waals surface area contributed by atoms with Crippen LogP contribution >= 0.6 is 0 Å². The van der Waals surface area contributed by atoms with Crippen LogP contribution in [0.2, 0.25) is 0 Å². The summed E-state index contributed by atoms with van der Waals surface area (Å²) in [6, 6.07) is 15.1. The Kier molecular flexibility index (Phi) is 5.69. The molecule has 0 unspecified atom stereocenters. The Labute approximate surface area is 172 Å². The summed E-state index contributed by atoms with van der Waals surface area (Å²) < 4.78 is 1.33. The number of hydrogen-bond donors (Lipinski definition) is 1. The van der Waals surface area contributed by atoms with E-state index in [1.165, 1.54) is 16.8 Å². The van der Waals surface area contributed by atoms with Crippen LogP contribution < -0.4 is 16.1 Å². The summed E-state index contributed by atoms with van der Waals surface area (Å²) in [5.74, 6) is 0.778. The highest BCUT2D eigenvalue weighted by Gasteiger charge is 2.22. The van der Waals surface area contributed by atoms with E-state index < -0.39 is 11.2 Å². The normalized spacial score (nSPS) is 14.0. The molecule has 3 aromatic rings. The number of nitrogens with one attached hydrogen (secondary N) is 1. The van der Waals surface area contributed by atoms with Crippen molar-refractivity contribution in [3.63, 3.8) is 0 Å². The molecule has 0 aliphatic carbocycles. The van der Waals surface area contributed by atoms with Crippen LogP contribution in [0.25, 0.3) is 11.3 Å². The van der Waals surface area contributed by atoms with Gasteiger partial charge in [-0.05, 0) is 12.1 Å². The topological polar surface area (TPSA) is 104 Å². The largest absolute Gasteiger partial charge is 0.352 e. The number of aromatic amines is 1. The van der Waals surface area contributed by atoms with Gasteiger partial charge in [0.05, 0.1) is 5.69 Å². The van der Waals surface area contributed by atoms with E-state index in [1.54, 1.807) is 4.90 Å². The monoisotopic (exact) mass is 406 g/mol. The van der Waals surface area contributed by atoms with Crippen LogP contribution in [0.4, 0.5) is 5.82 Å². The SMILES string of the molecule is O=C(CCn1ccc(=O)[nH]c1=O)N1CCN(c2ccc(-c3ccccc3)nn2)CC1. The van der Waals surface area contributed by atoms with Gasteiger partial charge in [0.25, 0.3) is 5.56 Å². The van der Waals surface area contributed by atoms with Gasteiger partial charge in [-0.3, -0.25) is 14.6 Å². The minimum Gasteiger partial charge on any atom is -0.352 e. The van der Waals surface area contributed by atoms with E-state index >= 15 is 0 Å². The molecule has 0 atom stereocenters. The number of anilines is 1. The molecule has 0 bridgehead atoms. The van der Waals surface area contributed by atoms with Gasteiger partial charge in [-0.2, -0.15) is 0 Å². The molecule has 1 fully saturated rings. The van der Waals surface area contributed by atoms with Gasteiger partial charge in [0.15, 0.2) is 5.82 Å². The predicted molar refractivity (Wildman–Crippen MR) is 112 cm³/mol. The molecule has 1 aliphatic heterocycles. The maximum Gasteiger partial charge on any atom is 0.328 e. The first-order valence-corrected chi connectivity index (χ1v) is 9.82. The fourth-order valence-electron chi connectivity index (χ4n) is 3.44. The molecule has 1 saturated heterocycles. The lowest BCUT2D eigenvalue weighted by Crippen LogP contribution is -2.49. The smallest absolute Gasteiger partial charge is 0.328 e. The van der Waals surface area contributed by atoms with Crippen molar-refractivity contribution in [2.24, 2.45) is 0 Å². The molecule has 1 amide bonds. The lowest BCUT2D eigenvalue weighted by Gasteiger charge is -2.35. The molecular weight excluding hydrogens is 384 g/mol. The number of rotatable bonds is 5. The number of carbonyl (C=O) groups is 1. The average molecular weight is 406 g/mol. The zero-order chi connectivity index (χ0) is 20.9. The van der Waals surface area contributed by atoms with Crippen molar-refractivity contribution < 1.29 is 4.79 Å². The third-order valence-corrected chi connectivity index (χ3v) is 5.14. The van der Waals surface area contributed by atoms with Crippen molar-refractivity contribution in [1.82, 2.24) is 24.6 Å². The summed E-state index contributed by atoms with van der Waals surface area (Å²) in [6.07, 6.45) is 1.61. The first-order valence-electron chi connectivity index (χ1n) is 9.82. The van der Waals surface area contributed by atoms with Gasteiger partial charge in [-0.15, -0.1) is 10.2 Å². The van der Waals surface area contributed by atoms with Crippen LogP contribution in [0.3, 0.4) is 0 Å². The highest BCUT2D eigenvalue weighted by Crippen LogP contribution is 2.19. The zero-order valence-corrected chi connectivity index (χ0v) is 16.4. The van der Waals surface area contributed by atoms with Gasteiger partial charge in [-0.1, -0.05) is 30.3 Å². The predicted octanol–water partition coefficient (Wildman–Crippen LogP) is 0.732. The molecule has 3 heterocycles. The van der Waals surface area contributed by atoms with Gasteiger partial charge in [0, 0.05) is 57.0 Å². The number of piperazine rings is 1. The molecule has 1 N–H and O–H groups in total. The van der Waals surface area contributed by atoms with E-state index in [0.717, 1.165) is 17.1 Å². The van der Waals surface area contributed by atoms with Crippen molar-refractivity contribution in [1.29, 1.82) is 0 Å². The second-order valence-electron chi connectivity index (χ2n) is 7.06. The third-order valence-electron chi connectivity index (χ3n) is 5.14. The molecule has 0 saturated carbocycles. The average Bonchev–Trinajstić information content (AvgIpc) is 2.79. The number of benzene rings is 1. The van der Waals surface area contributed by atoms with Crippen molar-refractivity contribution in [3.05, 3.63) is 75.6 Å². The number of carbonyl (C=O) groups excluding carboxylic acids is 1. The summed E-state index contributed by atoms with van der Waals surface area (Å²) >= 11 is 0. The van der Waals surface area contributed by atoms with Crippen molar-refractivity contribution in [3.8, 4) is 11.3 Å². The Morgan fingerprint density at radius 1 is 0.933 bits per heavy atom. The van der Waals surface area contributed by atoms with Gasteiger partial charge >= 0.3 is 5.69 Å². The quantitative estimate of drug-likeness (QED) is 0.670. The van der Waals surface area contributed by atoms with Gasteiger partial charge < -0.3 is 14.4 Å². The fraction of sp³-hybridized carbons (Fsp3) is 0.286. The third kappa shape index (κ3) is 4.45.